The summed E-state index contributed by atoms with van der Waals surface area (Å²) >= 11 is 0. The van der Waals surface area contributed by atoms with Crippen LogP contribution in [0.4, 0.5) is 5.69 Å². The number of carbonyl (C=O) groups excluding carboxylic acids is 3. The molecule has 0 saturated carbocycles. The minimum atomic E-state index is -0.577. The number of hydrogen-bond donors (Lipinski definition) is 2. The average molecular weight is 771 g/mol. The van der Waals surface area contributed by atoms with Crippen molar-refractivity contribution in [3.63, 3.8) is 0 Å². The lowest BCUT2D eigenvalue weighted by Gasteiger charge is -2.34. The van der Waals surface area contributed by atoms with Crippen LogP contribution < -0.4 is 11.1 Å². The number of nitrogens with two attached hydrogens (primary N) is 1. The van der Waals surface area contributed by atoms with E-state index in [1.54, 1.807) is 19.1 Å². The summed E-state index contributed by atoms with van der Waals surface area (Å²) in [4.78, 5) is 50.3. The van der Waals surface area contributed by atoms with Crippen LogP contribution in [0.5, 0.6) is 0 Å². The zero-order valence-electron chi connectivity index (χ0n) is 33.6. The Bertz CT molecular complexity index is 2250. The van der Waals surface area contributed by atoms with Gasteiger partial charge in [0.1, 0.15) is 0 Å². The Balaban J connectivity index is 1.24. The fourth-order valence-corrected chi connectivity index (χ4v) is 8.10. The van der Waals surface area contributed by atoms with Gasteiger partial charge in [0.25, 0.3) is 5.91 Å². The molecule has 3 aromatic carbocycles. The van der Waals surface area contributed by atoms with Gasteiger partial charge in [-0.2, -0.15) is 5.10 Å². The predicted octanol–water partition coefficient (Wildman–Crippen LogP) is 6.19. The molecule has 0 spiro atoms. The van der Waals surface area contributed by atoms with Gasteiger partial charge >= 0.3 is 0 Å². The number of hydrogen-bond acceptors (Lipinski definition) is 8. The lowest BCUT2D eigenvalue weighted by molar-refractivity contribution is -0.130. The number of aromatic nitrogens is 3. The van der Waals surface area contributed by atoms with Gasteiger partial charge in [0.2, 0.25) is 11.8 Å². The molecule has 0 atom stereocenters. The van der Waals surface area contributed by atoms with Crippen LogP contribution in [-0.2, 0) is 42.1 Å². The van der Waals surface area contributed by atoms with Gasteiger partial charge in [0, 0.05) is 94.4 Å². The number of carbonyl (C=O) groups is 3. The number of pyridine rings is 1. The molecular weight excluding hydrogens is 717 g/mol. The summed E-state index contributed by atoms with van der Waals surface area (Å²) in [6.07, 6.45) is 4.29. The second-order valence-corrected chi connectivity index (χ2v) is 15.3. The highest BCUT2D eigenvalue weighted by Crippen LogP contribution is 2.33. The molecule has 0 bridgehead atoms. The first kappa shape index (κ1) is 39.6. The molecule has 3 N–H and O–H groups in total. The highest BCUT2D eigenvalue weighted by molar-refractivity contribution is 6.00. The van der Waals surface area contributed by atoms with Crippen molar-refractivity contribution < 1.29 is 19.1 Å². The van der Waals surface area contributed by atoms with Gasteiger partial charge in [-0.15, -0.1) is 0 Å². The smallest absolute Gasteiger partial charge is 0.254 e. The Kier molecular flexibility index (Phi) is 12.3. The van der Waals surface area contributed by atoms with E-state index in [1.807, 2.05) is 39.7 Å². The third-order valence-corrected chi connectivity index (χ3v) is 11.2. The third kappa shape index (κ3) is 9.19. The van der Waals surface area contributed by atoms with Crippen molar-refractivity contribution in [1.29, 1.82) is 0 Å². The van der Waals surface area contributed by atoms with Crippen LogP contribution in [0.25, 0.3) is 22.2 Å². The first-order valence-electron chi connectivity index (χ1n) is 20.2. The summed E-state index contributed by atoms with van der Waals surface area (Å²) in [5, 5.41) is 9.48. The largest absolute Gasteiger partial charge is 0.381 e. The standard InChI is InChI=1S/C45H54N8O4/c1-5-41-40(42(48-38-13-19-57-20-14-38)39-26-47-53(6-2)44(39)49-41)29-52(45(56)37-22-30(3)21-36(25-37)43(46)55)28-33-10-8-12-35(24-33)34-11-7-9-32(23-34)27-50-15-17-51(18-16-50)31(4)54/h7-12,21-26,38H,5-6,13-20,27-29H2,1-4H3,(H2,46,55)(H,48,49). The second-order valence-electron chi connectivity index (χ2n) is 15.3. The number of fused-ring (bicyclic) bond motifs is 1. The van der Waals surface area contributed by atoms with Gasteiger partial charge in [-0.1, -0.05) is 43.3 Å². The van der Waals surface area contributed by atoms with Crippen LogP contribution in [-0.4, -0.2) is 92.6 Å². The zero-order chi connectivity index (χ0) is 40.1. The number of piperazine rings is 1. The fraction of sp³-hybridized carbons (Fsp3) is 0.400. The topological polar surface area (TPSA) is 139 Å². The predicted molar refractivity (Wildman–Crippen MR) is 223 cm³/mol. The summed E-state index contributed by atoms with van der Waals surface area (Å²) in [5.41, 5.74) is 15.2. The molecule has 12 heteroatoms. The molecule has 0 aliphatic carbocycles. The quantitative estimate of drug-likeness (QED) is 0.145. The summed E-state index contributed by atoms with van der Waals surface area (Å²) in [6.45, 7) is 14.3. The molecule has 4 heterocycles. The number of anilines is 1. The lowest BCUT2D eigenvalue weighted by atomic mass is 9.99. The molecular formula is C45H54N8O4. The van der Waals surface area contributed by atoms with E-state index in [1.165, 1.54) is 5.56 Å². The van der Waals surface area contributed by atoms with Crippen molar-refractivity contribution in [1.82, 2.24) is 29.5 Å². The Hall–Kier alpha value is -5.59. The maximum atomic E-state index is 14.8. The number of rotatable bonds is 13. The average Bonchev–Trinajstić information content (AvgIpc) is 3.64. The summed E-state index contributed by atoms with van der Waals surface area (Å²) in [6, 6.07) is 22.3. The summed E-state index contributed by atoms with van der Waals surface area (Å²) in [5.74, 6) is -0.654. The van der Waals surface area contributed by atoms with E-state index in [2.05, 4.69) is 71.6 Å². The summed E-state index contributed by atoms with van der Waals surface area (Å²) in [7, 11) is 0. The molecule has 7 rings (SSSR count). The van der Waals surface area contributed by atoms with Crippen molar-refractivity contribution in [2.45, 2.75) is 79.2 Å². The molecule has 5 aromatic rings. The maximum absolute atomic E-state index is 14.8. The molecule has 2 aliphatic rings. The highest BCUT2D eigenvalue weighted by atomic mass is 16.5. The van der Waals surface area contributed by atoms with Crippen LogP contribution in [0.15, 0.2) is 72.9 Å². The monoisotopic (exact) mass is 770 g/mol. The van der Waals surface area contributed by atoms with Crippen LogP contribution in [0, 0.1) is 6.92 Å². The minimum Gasteiger partial charge on any atom is -0.381 e. The van der Waals surface area contributed by atoms with Crippen molar-refractivity contribution >= 4 is 34.4 Å². The van der Waals surface area contributed by atoms with Crippen LogP contribution in [0.3, 0.4) is 0 Å². The lowest BCUT2D eigenvalue weighted by Crippen LogP contribution is -2.47. The van der Waals surface area contributed by atoms with Gasteiger partial charge < -0.3 is 25.6 Å². The number of primary amides is 1. The number of nitrogens with one attached hydrogen (secondary N) is 1. The van der Waals surface area contributed by atoms with Gasteiger partial charge in [0.05, 0.1) is 23.8 Å². The van der Waals surface area contributed by atoms with Gasteiger partial charge in [0.15, 0.2) is 5.65 Å². The van der Waals surface area contributed by atoms with E-state index in [4.69, 9.17) is 15.5 Å². The molecule has 12 nitrogen and oxygen atoms in total. The van der Waals surface area contributed by atoms with E-state index in [9.17, 15) is 14.4 Å². The fourth-order valence-electron chi connectivity index (χ4n) is 8.10. The van der Waals surface area contributed by atoms with Crippen LogP contribution >= 0.6 is 0 Å². The molecule has 0 radical (unpaired) electrons. The molecule has 2 fully saturated rings. The molecule has 0 unspecified atom stereocenters. The Morgan fingerprint density at radius 1 is 0.895 bits per heavy atom. The molecule has 2 aliphatic heterocycles. The number of amides is 3. The zero-order valence-corrected chi connectivity index (χ0v) is 33.6. The number of aryl methyl sites for hydroxylation is 3. The van der Waals surface area contributed by atoms with E-state index in [-0.39, 0.29) is 24.4 Å². The number of nitrogens with zero attached hydrogens (tertiary/aromatic N) is 6. The molecule has 2 aromatic heterocycles. The molecule has 2 saturated heterocycles. The number of ether oxygens (including phenoxy) is 1. The van der Waals surface area contributed by atoms with Crippen molar-refractivity contribution in [3.05, 3.63) is 112 Å². The van der Waals surface area contributed by atoms with Gasteiger partial charge in [-0.05, 0) is 91.3 Å². The molecule has 3 amide bonds. The minimum absolute atomic E-state index is 0.130. The van der Waals surface area contributed by atoms with Gasteiger partial charge in [-0.25, -0.2) is 9.67 Å². The van der Waals surface area contributed by atoms with Crippen molar-refractivity contribution in [2.75, 3.05) is 44.7 Å². The normalized spacial score (nSPS) is 15.2. The summed E-state index contributed by atoms with van der Waals surface area (Å²) < 4.78 is 7.61. The maximum Gasteiger partial charge on any atom is 0.254 e. The number of benzene rings is 3. The Morgan fingerprint density at radius 2 is 1.58 bits per heavy atom. The van der Waals surface area contributed by atoms with Crippen LogP contribution in [0.2, 0.25) is 0 Å². The van der Waals surface area contributed by atoms with Crippen molar-refractivity contribution in [3.8, 4) is 11.1 Å². The van der Waals surface area contributed by atoms with E-state index in [0.29, 0.717) is 43.9 Å². The Morgan fingerprint density at radius 3 is 2.25 bits per heavy atom. The first-order chi connectivity index (χ1) is 27.6. The van der Waals surface area contributed by atoms with Gasteiger partial charge in [-0.3, -0.25) is 19.3 Å². The van der Waals surface area contributed by atoms with E-state index >= 15 is 0 Å². The SMILES string of the molecule is CCc1nc2c(cnn2CC)c(NC2CCOCC2)c1CN(Cc1cccc(-c2cccc(CN3CCN(C(C)=O)CC3)c2)c1)C(=O)c1cc(C)cc(C(N)=O)c1. The Labute approximate surface area is 335 Å². The van der Waals surface area contributed by atoms with Crippen molar-refractivity contribution in [2.24, 2.45) is 5.73 Å². The third-order valence-electron chi connectivity index (χ3n) is 11.2. The second kappa shape index (κ2) is 17.7. The first-order valence-corrected chi connectivity index (χ1v) is 20.2. The highest BCUT2D eigenvalue weighted by Gasteiger charge is 2.26. The van der Waals surface area contributed by atoms with E-state index in [0.717, 1.165) is 95.8 Å². The van der Waals surface area contributed by atoms with E-state index < -0.39 is 5.91 Å². The van der Waals surface area contributed by atoms with Crippen LogP contribution in [0.1, 0.15) is 82.3 Å². The molecule has 298 valence electrons. The molecule has 57 heavy (non-hydrogen) atoms.